The van der Waals surface area contributed by atoms with Crippen LogP contribution in [0.4, 0.5) is 0 Å². The second kappa shape index (κ2) is 4.76. The zero-order valence-corrected chi connectivity index (χ0v) is 12.1. The average molecular weight is 293 g/mol. The van der Waals surface area contributed by atoms with Crippen molar-refractivity contribution in [2.24, 2.45) is 17.8 Å². The normalized spacial score (nSPS) is 32.9. The van der Waals surface area contributed by atoms with Gasteiger partial charge in [0.15, 0.2) is 0 Å². The van der Waals surface area contributed by atoms with E-state index in [-0.39, 0.29) is 0 Å². The Hall–Kier alpha value is -0.300. The molecule has 2 bridgehead atoms. The van der Waals surface area contributed by atoms with Crippen LogP contribution in [0.25, 0.3) is 0 Å². The van der Waals surface area contributed by atoms with Crippen molar-refractivity contribution in [3.8, 4) is 0 Å². The molecule has 0 aromatic heterocycles. The number of hydrogen-bond donors (Lipinski definition) is 0. The molecule has 0 N–H and O–H groups in total. The van der Waals surface area contributed by atoms with Crippen LogP contribution in [0, 0.1) is 24.7 Å². The smallest absolute Gasteiger partial charge is 0.0217 e. The van der Waals surface area contributed by atoms with Crippen LogP contribution in [-0.2, 0) is 6.42 Å². The molecule has 4 unspecified atom stereocenters. The lowest BCUT2D eigenvalue weighted by atomic mass is 9.84. The summed E-state index contributed by atoms with van der Waals surface area (Å²) in [6.45, 7) is 2.23. The maximum Gasteiger partial charge on any atom is 0.0217 e. The summed E-state index contributed by atoms with van der Waals surface area (Å²) in [5, 5.41) is 0. The molecule has 0 heterocycles. The number of benzene rings is 1. The van der Waals surface area contributed by atoms with Gasteiger partial charge in [0.2, 0.25) is 0 Å². The SMILES string of the molecule is Cc1ccccc1CC(Br)C1CC2CCC1C2. The van der Waals surface area contributed by atoms with Crippen LogP contribution < -0.4 is 0 Å². The van der Waals surface area contributed by atoms with Crippen molar-refractivity contribution in [3.63, 3.8) is 0 Å². The van der Waals surface area contributed by atoms with Crippen LogP contribution in [0.15, 0.2) is 24.3 Å². The fraction of sp³-hybridized carbons (Fsp3) is 0.625. The highest BCUT2D eigenvalue weighted by Gasteiger charge is 2.42. The standard InChI is InChI=1S/C16H21Br/c1-11-4-2-3-5-13(11)10-16(17)15-9-12-6-7-14(15)8-12/h2-5,12,14-16H,6-10H2,1H3. The molecule has 92 valence electrons. The summed E-state index contributed by atoms with van der Waals surface area (Å²) in [5.74, 6) is 3.02. The predicted octanol–water partition coefficient (Wildman–Crippen LogP) is 4.74. The van der Waals surface area contributed by atoms with Crippen LogP contribution in [-0.4, -0.2) is 4.83 Å². The third-order valence-corrected chi connectivity index (χ3v) is 5.94. The molecule has 0 aliphatic heterocycles. The van der Waals surface area contributed by atoms with Gasteiger partial charge < -0.3 is 0 Å². The lowest BCUT2D eigenvalue weighted by Crippen LogP contribution is -2.23. The summed E-state index contributed by atoms with van der Waals surface area (Å²) in [7, 11) is 0. The molecule has 1 aromatic rings. The Morgan fingerprint density at radius 2 is 2.06 bits per heavy atom. The molecule has 1 heteroatoms. The van der Waals surface area contributed by atoms with Gasteiger partial charge in [-0.3, -0.25) is 0 Å². The molecule has 0 amide bonds. The highest BCUT2D eigenvalue weighted by atomic mass is 79.9. The molecule has 1 aromatic carbocycles. The zero-order chi connectivity index (χ0) is 11.8. The van der Waals surface area contributed by atoms with Crippen molar-refractivity contribution < 1.29 is 0 Å². The van der Waals surface area contributed by atoms with Gasteiger partial charge in [-0.25, -0.2) is 0 Å². The van der Waals surface area contributed by atoms with E-state index >= 15 is 0 Å². The van der Waals surface area contributed by atoms with E-state index in [1.54, 1.807) is 0 Å². The molecule has 2 fully saturated rings. The predicted molar refractivity (Wildman–Crippen MR) is 76.5 cm³/mol. The largest absolute Gasteiger partial charge is 0.0884 e. The van der Waals surface area contributed by atoms with Gasteiger partial charge in [-0.1, -0.05) is 46.6 Å². The molecule has 0 spiro atoms. The van der Waals surface area contributed by atoms with Crippen LogP contribution in [0.5, 0.6) is 0 Å². The number of halogens is 1. The van der Waals surface area contributed by atoms with Crippen LogP contribution in [0.1, 0.15) is 36.8 Å². The highest BCUT2D eigenvalue weighted by Crippen LogP contribution is 2.51. The Bertz CT molecular complexity index is 398. The van der Waals surface area contributed by atoms with Gasteiger partial charge in [0.25, 0.3) is 0 Å². The lowest BCUT2D eigenvalue weighted by molar-refractivity contribution is 0.326. The van der Waals surface area contributed by atoms with Crippen molar-refractivity contribution >= 4 is 15.9 Å². The monoisotopic (exact) mass is 292 g/mol. The molecule has 0 saturated heterocycles. The van der Waals surface area contributed by atoms with Gasteiger partial charge in [0, 0.05) is 4.83 Å². The zero-order valence-electron chi connectivity index (χ0n) is 10.5. The Morgan fingerprint density at radius 1 is 1.24 bits per heavy atom. The molecule has 0 nitrogen and oxygen atoms in total. The van der Waals surface area contributed by atoms with E-state index in [1.807, 2.05) is 0 Å². The first-order valence-corrected chi connectivity index (χ1v) is 7.84. The van der Waals surface area contributed by atoms with Gasteiger partial charge in [-0.05, 0) is 61.5 Å². The highest BCUT2D eigenvalue weighted by molar-refractivity contribution is 9.09. The Kier molecular flexibility index (Phi) is 3.30. The van der Waals surface area contributed by atoms with E-state index in [0.717, 1.165) is 17.8 Å². The van der Waals surface area contributed by atoms with Crippen LogP contribution >= 0.6 is 15.9 Å². The minimum absolute atomic E-state index is 0.693. The van der Waals surface area contributed by atoms with Crippen LogP contribution in [0.3, 0.4) is 0 Å². The maximum atomic E-state index is 3.98. The molecule has 3 rings (SSSR count). The van der Waals surface area contributed by atoms with Gasteiger partial charge in [0.05, 0.1) is 0 Å². The van der Waals surface area contributed by atoms with Crippen molar-refractivity contribution in [3.05, 3.63) is 35.4 Å². The fourth-order valence-electron chi connectivity index (χ4n) is 3.94. The molecular formula is C16H21Br. The number of rotatable bonds is 3. The minimum atomic E-state index is 0.693. The van der Waals surface area contributed by atoms with E-state index in [9.17, 15) is 0 Å². The third-order valence-electron chi connectivity index (χ3n) is 4.93. The molecular weight excluding hydrogens is 272 g/mol. The van der Waals surface area contributed by atoms with Crippen LogP contribution in [0.2, 0.25) is 0 Å². The summed E-state index contributed by atoms with van der Waals surface area (Å²) < 4.78 is 0. The summed E-state index contributed by atoms with van der Waals surface area (Å²) in [6.07, 6.45) is 7.20. The molecule has 0 radical (unpaired) electrons. The Balaban J connectivity index is 1.68. The van der Waals surface area contributed by atoms with E-state index in [4.69, 9.17) is 0 Å². The van der Waals surface area contributed by atoms with Crippen molar-refractivity contribution in [2.45, 2.75) is 43.9 Å². The van der Waals surface area contributed by atoms with Crippen molar-refractivity contribution in [1.82, 2.24) is 0 Å². The average Bonchev–Trinajstić information content (AvgIpc) is 2.94. The fourth-order valence-corrected chi connectivity index (χ4v) is 4.93. The van der Waals surface area contributed by atoms with E-state index in [0.29, 0.717) is 4.83 Å². The number of alkyl halides is 1. The first-order chi connectivity index (χ1) is 8.24. The Morgan fingerprint density at radius 3 is 2.71 bits per heavy atom. The first kappa shape index (κ1) is 11.8. The maximum absolute atomic E-state index is 3.98. The van der Waals surface area contributed by atoms with Gasteiger partial charge in [0.1, 0.15) is 0 Å². The topological polar surface area (TPSA) is 0 Å². The molecule has 17 heavy (non-hydrogen) atoms. The number of hydrogen-bond acceptors (Lipinski definition) is 0. The second-order valence-electron chi connectivity index (χ2n) is 5.99. The second-order valence-corrected chi connectivity index (χ2v) is 7.16. The lowest BCUT2D eigenvalue weighted by Gasteiger charge is -2.27. The Labute approximate surface area is 113 Å². The number of fused-ring (bicyclic) bond motifs is 2. The summed E-state index contributed by atoms with van der Waals surface area (Å²) in [6, 6.07) is 8.83. The third kappa shape index (κ3) is 2.31. The summed E-state index contributed by atoms with van der Waals surface area (Å²) in [4.78, 5) is 0.693. The quantitative estimate of drug-likeness (QED) is 0.706. The number of aryl methyl sites for hydroxylation is 1. The first-order valence-electron chi connectivity index (χ1n) is 6.92. The van der Waals surface area contributed by atoms with E-state index in [1.165, 1.54) is 43.2 Å². The van der Waals surface area contributed by atoms with Gasteiger partial charge in [-0.2, -0.15) is 0 Å². The molecule has 2 aliphatic carbocycles. The summed E-state index contributed by atoms with van der Waals surface area (Å²) >= 11 is 3.98. The van der Waals surface area contributed by atoms with E-state index in [2.05, 4.69) is 47.1 Å². The molecule has 4 atom stereocenters. The molecule has 2 aliphatic rings. The van der Waals surface area contributed by atoms with Crippen molar-refractivity contribution in [2.75, 3.05) is 0 Å². The van der Waals surface area contributed by atoms with Gasteiger partial charge in [-0.15, -0.1) is 0 Å². The van der Waals surface area contributed by atoms with Crippen molar-refractivity contribution in [1.29, 1.82) is 0 Å². The molecule has 2 saturated carbocycles. The minimum Gasteiger partial charge on any atom is -0.0884 e. The summed E-state index contributed by atoms with van der Waals surface area (Å²) in [5.41, 5.74) is 2.97. The van der Waals surface area contributed by atoms with Gasteiger partial charge >= 0.3 is 0 Å². The van der Waals surface area contributed by atoms with E-state index < -0.39 is 0 Å².